The Bertz CT molecular complexity index is 870. The van der Waals surface area contributed by atoms with E-state index in [-0.39, 0.29) is 22.6 Å². The Morgan fingerprint density at radius 1 is 1.38 bits per heavy atom. The van der Waals surface area contributed by atoms with Crippen LogP contribution >= 0.6 is 7.82 Å². The molecule has 138 valence electrons. The number of terminal acetylenes is 1. The number of aryl methyl sites for hydroxylation is 3. The van der Waals surface area contributed by atoms with Crippen LogP contribution in [-0.4, -0.2) is 41.2 Å². The number of hydrogen-bond donors (Lipinski definition) is 3. The fourth-order valence-corrected chi connectivity index (χ4v) is 2.47. The van der Waals surface area contributed by atoms with Gasteiger partial charge < -0.3 is 14.9 Å². The van der Waals surface area contributed by atoms with Crippen LogP contribution in [0, 0.1) is 12.3 Å². The number of aldehydes is 1. The number of aromatic nitrogens is 4. The first-order valence-corrected chi connectivity index (χ1v) is 9.04. The van der Waals surface area contributed by atoms with E-state index in [1.807, 2.05) is 0 Å². The van der Waals surface area contributed by atoms with Gasteiger partial charge >= 0.3 is 7.82 Å². The van der Waals surface area contributed by atoms with Crippen LogP contribution in [0.1, 0.15) is 33.7 Å². The Morgan fingerprint density at radius 2 is 2.15 bits per heavy atom. The monoisotopic (exact) mass is 380 g/mol. The summed E-state index contributed by atoms with van der Waals surface area (Å²) in [6.45, 7) is -0.000741. The summed E-state index contributed by atoms with van der Waals surface area (Å²) in [6, 6.07) is 0. The van der Waals surface area contributed by atoms with Crippen molar-refractivity contribution in [2.24, 2.45) is 0 Å². The van der Waals surface area contributed by atoms with Gasteiger partial charge in [-0.05, 0) is 12.8 Å². The van der Waals surface area contributed by atoms with Gasteiger partial charge in [-0.2, -0.15) is 0 Å². The molecule has 26 heavy (non-hydrogen) atoms. The molecule has 0 aliphatic rings. The Morgan fingerprint density at radius 3 is 2.81 bits per heavy atom. The first-order chi connectivity index (χ1) is 12.3. The summed E-state index contributed by atoms with van der Waals surface area (Å²) in [5.74, 6) is 2.15. The van der Waals surface area contributed by atoms with Gasteiger partial charge in [-0.15, -0.1) is 17.4 Å². The van der Waals surface area contributed by atoms with Crippen LogP contribution in [0.4, 0.5) is 0 Å². The molecule has 0 atom stereocenters. The third kappa shape index (κ3) is 5.47. The smallest absolute Gasteiger partial charge is 0.469 e. The van der Waals surface area contributed by atoms with Crippen molar-refractivity contribution < 1.29 is 28.8 Å². The minimum absolute atomic E-state index is 0.0739. The fraction of sp³-hybridized carbons (Fsp3) is 0.333. The van der Waals surface area contributed by atoms with E-state index in [9.17, 15) is 14.5 Å². The molecule has 2 aromatic heterocycles. The van der Waals surface area contributed by atoms with Crippen LogP contribution in [0.25, 0.3) is 0 Å². The molecule has 10 nitrogen and oxygen atoms in total. The number of hydrogen-bond acceptors (Lipinski definition) is 7. The summed E-state index contributed by atoms with van der Waals surface area (Å²) >= 11 is 0. The first-order valence-electron chi connectivity index (χ1n) is 7.51. The van der Waals surface area contributed by atoms with Crippen LogP contribution in [-0.2, 0) is 35.1 Å². The molecule has 0 spiro atoms. The minimum atomic E-state index is -4.70. The summed E-state index contributed by atoms with van der Waals surface area (Å²) in [5, 5.41) is 18.1. The molecular formula is C15H17N4O6P. The van der Waals surface area contributed by atoms with Crippen molar-refractivity contribution in [1.29, 1.82) is 0 Å². The van der Waals surface area contributed by atoms with Gasteiger partial charge in [0.25, 0.3) is 0 Å². The van der Waals surface area contributed by atoms with E-state index < -0.39 is 14.4 Å². The predicted octanol–water partition coefficient (Wildman–Crippen LogP) is 0.609. The maximum absolute atomic E-state index is 11.2. The largest absolute Gasteiger partial charge is 0.505 e. The maximum atomic E-state index is 11.2. The fourth-order valence-electron chi connectivity index (χ4n) is 2.17. The SMILES string of the molecule is C#CCCn1cc(CCc2ncc(COP(=O)(O)O)c(C=O)c2O)nn1. The molecule has 0 saturated carbocycles. The summed E-state index contributed by atoms with van der Waals surface area (Å²) in [4.78, 5) is 32.7. The quantitative estimate of drug-likeness (QED) is 0.323. The molecule has 0 aliphatic carbocycles. The highest BCUT2D eigenvalue weighted by molar-refractivity contribution is 7.46. The van der Waals surface area contributed by atoms with Crippen LogP contribution in [0.5, 0.6) is 5.75 Å². The van der Waals surface area contributed by atoms with Gasteiger partial charge in [-0.1, -0.05) is 5.21 Å². The average molecular weight is 380 g/mol. The lowest BCUT2D eigenvalue weighted by Crippen LogP contribution is -2.03. The van der Waals surface area contributed by atoms with E-state index in [1.54, 1.807) is 10.9 Å². The minimum Gasteiger partial charge on any atom is -0.505 e. The zero-order chi connectivity index (χ0) is 19.2. The van der Waals surface area contributed by atoms with Gasteiger partial charge in [0.1, 0.15) is 5.75 Å². The summed E-state index contributed by atoms with van der Waals surface area (Å²) < 4.78 is 16.7. The molecule has 11 heteroatoms. The Labute approximate surface area is 149 Å². The van der Waals surface area contributed by atoms with Gasteiger partial charge in [0.15, 0.2) is 6.29 Å². The van der Waals surface area contributed by atoms with E-state index >= 15 is 0 Å². The van der Waals surface area contributed by atoms with Crippen LogP contribution < -0.4 is 0 Å². The van der Waals surface area contributed by atoms with Crippen molar-refractivity contribution in [1.82, 2.24) is 20.0 Å². The summed E-state index contributed by atoms with van der Waals surface area (Å²) in [5.41, 5.74) is 0.876. The Hall–Kier alpha value is -2.57. The van der Waals surface area contributed by atoms with Gasteiger partial charge in [0.2, 0.25) is 0 Å². The van der Waals surface area contributed by atoms with Crippen molar-refractivity contribution in [2.45, 2.75) is 32.4 Å². The second kappa shape index (κ2) is 8.69. The van der Waals surface area contributed by atoms with E-state index in [0.29, 0.717) is 37.8 Å². The third-order valence-electron chi connectivity index (χ3n) is 3.45. The zero-order valence-corrected chi connectivity index (χ0v) is 14.5. The average Bonchev–Trinajstić information content (AvgIpc) is 3.04. The summed E-state index contributed by atoms with van der Waals surface area (Å²) in [6.07, 6.45) is 9.79. The highest BCUT2D eigenvalue weighted by atomic mass is 31.2. The zero-order valence-electron chi connectivity index (χ0n) is 13.6. The first kappa shape index (κ1) is 19.8. The molecule has 0 radical (unpaired) electrons. The molecule has 0 bridgehead atoms. The number of phosphoric acid groups is 1. The molecule has 0 saturated heterocycles. The van der Waals surface area contributed by atoms with Gasteiger partial charge in [0, 0.05) is 24.4 Å². The summed E-state index contributed by atoms with van der Waals surface area (Å²) in [7, 11) is -4.70. The molecule has 0 amide bonds. The number of aromatic hydroxyl groups is 1. The molecule has 3 N–H and O–H groups in total. The van der Waals surface area contributed by atoms with Crippen molar-refractivity contribution in [2.75, 3.05) is 0 Å². The standard InChI is InChI=1S/C15H17N4O6P/c1-2-3-6-19-8-12(17-18-19)4-5-14-15(21)13(9-20)11(7-16-14)10-25-26(22,23)24/h1,7-9,21H,3-6,10H2,(H2,22,23,24). The van der Waals surface area contributed by atoms with Crippen LogP contribution in [0.3, 0.4) is 0 Å². The van der Waals surface area contributed by atoms with E-state index in [2.05, 4.69) is 25.7 Å². The van der Waals surface area contributed by atoms with Crippen molar-refractivity contribution in [3.63, 3.8) is 0 Å². The van der Waals surface area contributed by atoms with Crippen LogP contribution in [0.15, 0.2) is 12.4 Å². The van der Waals surface area contributed by atoms with E-state index in [1.165, 1.54) is 6.20 Å². The lowest BCUT2D eigenvalue weighted by Gasteiger charge is -2.11. The van der Waals surface area contributed by atoms with Crippen molar-refractivity contribution in [3.8, 4) is 18.1 Å². The van der Waals surface area contributed by atoms with E-state index in [4.69, 9.17) is 16.2 Å². The molecule has 2 heterocycles. The molecule has 0 unspecified atom stereocenters. The third-order valence-corrected chi connectivity index (χ3v) is 3.91. The number of carbonyl (C=O) groups is 1. The molecule has 2 rings (SSSR count). The van der Waals surface area contributed by atoms with Gasteiger partial charge in [-0.3, -0.25) is 19.0 Å². The van der Waals surface area contributed by atoms with Crippen molar-refractivity contribution >= 4 is 14.1 Å². The number of pyridine rings is 1. The normalized spacial score (nSPS) is 11.3. The highest BCUT2D eigenvalue weighted by Gasteiger charge is 2.19. The number of phosphoric ester groups is 1. The predicted molar refractivity (Wildman–Crippen MR) is 89.0 cm³/mol. The second-order valence-electron chi connectivity index (χ2n) is 5.30. The Balaban J connectivity index is 2.08. The number of rotatable bonds is 9. The van der Waals surface area contributed by atoms with Gasteiger partial charge in [0.05, 0.1) is 30.1 Å². The molecule has 2 aromatic rings. The highest BCUT2D eigenvalue weighted by Crippen LogP contribution is 2.37. The topological polar surface area (TPSA) is 148 Å². The van der Waals surface area contributed by atoms with Crippen LogP contribution in [0.2, 0.25) is 0 Å². The maximum Gasteiger partial charge on any atom is 0.469 e. The second-order valence-corrected chi connectivity index (χ2v) is 6.54. The number of carbonyl (C=O) groups excluding carboxylic acids is 1. The molecular weight excluding hydrogens is 363 g/mol. The Kier molecular flexibility index (Phi) is 6.60. The molecule has 0 aromatic carbocycles. The van der Waals surface area contributed by atoms with E-state index in [0.717, 1.165) is 0 Å². The van der Waals surface area contributed by atoms with Crippen molar-refractivity contribution in [3.05, 3.63) is 34.9 Å². The van der Waals surface area contributed by atoms with Gasteiger partial charge in [-0.25, -0.2) is 4.57 Å². The lowest BCUT2D eigenvalue weighted by molar-refractivity contribution is 0.111. The number of nitrogens with zero attached hydrogens (tertiary/aromatic N) is 4. The molecule has 0 fully saturated rings. The lowest BCUT2D eigenvalue weighted by atomic mass is 10.1. The molecule has 0 aliphatic heterocycles.